The Labute approximate surface area is 194 Å². The minimum atomic E-state index is -0.102. The van der Waals surface area contributed by atoms with Gasteiger partial charge in [0.25, 0.3) is 5.91 Å². The molecule has 0 atom stereocenters. The van der Waals surface area contributed by atoms with Gasteiger partial charge in [-0.05, 0) is 61.7 Å². The maximum atomic E-state index is 13.2. The summed E-state index contributed by atoms with van der Waals surface area (Å²) in [5, 5.41) is 4.07. The van der Waals surface area contributed by atoms with E-state index >= 15 is 0 Å². The van der Waals surface area contributed by atoms with Crippen LogP contribution >= 0.6 is 0 Å². The summed E-state index contributed by atoms with van der Waals surface area (Å²) in [5.74, 6) is 2.14. The van der Waals surface area contributed by atoms with E-state index < -0.39 is 0 Å². The lowest BCUT2D eigenvalue weighted by Gasteiger charge is -2.34. The molecule has 0 radical (unpaired) electrons. The fourth-order valence-electron chi connectivity index (χ4n) is 4.15. The zero-order chi connectivity index (χ0) is 23.4. The average molecular weight is 450 g/mol. The van der Waals surface area contributed by atoms with Crippen LogP contribution in [0.2, 0.25) is 0 Å². The molecular weight excluding hydrogens is 418 g/mol. The lowest BCUT2D eigenvalue weighted by molar-refractivity contribution is 0.0616. The van der Waals surface area contributed by atoms with Crippen LogP contribution in [0.1, 0.15) is 38.5 Å². The number of nitrogens with zero attached hydrogens (tertiary/aromatic N) is 3. The van der Waals surface area contributed by atoms with Crippen LogP contribution in [0.15, 0.2) is 47.0 Å². The SMILES string of the molecule is COc1ccc(CN2CCN(C(=O)c3noc(C)c3COc3cc(C)cc(C)c3)CC2)cc1. The van der Waals surface area contributed by atoms with Crippen molar-refractivity contribution in [1.29, 1.82) is 0 Å². The van der Waals surface area contributed by atoms with E-state index in [1.807, 2.05) is 49.9 Å². The van der Waals surface area contributed by atoms with Crippen molar-refractivity contribution < 1.29 is 18.8 Å². The summed E-state index contributed by atoms with van der Waals surface area (Å²) in [6.07, 6.45) is 0. The van der Waals surface area contributed by atoms with Gasteiger partial charge in [0, 0.05) is 32.7 Å². The van der Waals surface area contributed by atoms with Crippen molar-refractivity contribution in [3.05, 3.63) is 76.2 Å². The van der Waals surface area contributed by atoms with E-state index in [1.165, 1.54) is 5.56 Å². The predicted molar refractivity (Wildman–Crippen MR) is 126 cm³/mol. The van der Waals surface area contributed by atoms with E-state index in [9.17, 15) is 4.79 Å². The Hall–Kier alpha value is -3.32. The van der Waals surface area contributed by atoms with E-state index in [4.69, 9.17) is 14.0 Å². The highest BCUT2D eigenvalue weighted by Gasteiger charge is 2.28. The van der Waals surface area contributed by atoms with E-state index in [0.717, 1.165) is 42.3 Å². The molecule has 33 heavy (non-hydrogen) atoms. The Morgan fingerprint density at radius 1 is 0.970 bits per heavy atom. The van der Waals surface area contributed by atoms with Crippen LogP contribution in [0.3, 0.4) is 0 Å². The van der Waals surface area contributed by atoms with Crippen LogP contribution in [-0.4, -0.2) is 54.2 Å². The van der Waals surface area contributed by atoms with Gasteiger partial charge in [0.1, 0.15) is 23.9 Å². The normalized spacial score (nSPS) is 14.4. The third kappa shape index (κ3) is 5.54. The van der Waals surface area contributed by atoms with Crippen molar-refractivity contribution in [2.24, 2.45) is 0 Å². The predicted octanol–water partition coefficient (Wildman–Crippen LogP) is 4.15. The minimum absolute atomic E-state index is 0.102. The zero-order valence-corrected chi connectivity index (χ0v) is 19.8. The van der Waals surface area contributed by atoms with Gasteiger partial charge in [-0.1, -0.05) is 23.4 Å². The number of ether oxygens (including phenoxy) is 2. The number of amides is 1. The molecule has 174 valence electrons. The fourth-order valence-corrected chi connectivity index (χ4v) is 4.15. The van der Waals surface area contributed by atoms with E-state index in [-0.39, 0.29) is 12.5 Å². The van der Waals surface area contributed by atoms with Gasteiger partial charge in [0.05, 0.1) is 12.7 Å². The molecule has 1 saturated heterocycles. The van der Waals surface area contributed by atoms with Gasteiger partial charge in [-0.15, -0.1) is 0 Å². The molecule has 1 amide bonds. The number of benzene rings is 2. The molecule has 1 aromatic heterocycles. The molecule has 1 fully saturated rings. The molecule has 0 spiro atoms. The zero-order valence-electron chi connectivity index (χ0n) is 19.8. The van der Waals surface area contributed by atoms with Crippen molar-refractivity contribution in [1.82, 2.24) is 15.0 Å². The molecule has 0 saturated carbocycles. The van der Waals surface area contributed by atoms with E-state index in [0.29, 0.717) is 30.1 Å². The van der Waals surface area contributed by atoms with E-state index in [2.05, 4.69) is 28.3 Å². The highest BCUT2D eigenvalue weighted by atomic mass is 16.5. The van der Waals surface area contributed by atoms with Crippen LogP contribution in [0.5, 0.6) is 11.5 Å². The maximum absolute atomic E-state index is 13.2. The first-order valence-corrected chi connectivity index (χ1v) is 11.2. The summed E-state index contributed by atoms with van der Waals surface area (Å²) < 4.78 is 16.6. The Bertz CT molecular complexity index is 1080. The second-order valence-electron chi connectivity index (χ2n) is 8.59. The highest BCUT2D eigenvalue weighted by molar-refractivity contribution is 5.93. The Balaban J connectivity index is 1.35. The van der Waals surface area contributed by atoms with Crippen LogP contribution in [-0.2, 0) is 13.2 Å². The highest BCUT2D eigenvalue weighted by Crippen LogP contribution is 2.22. The second-order valence-corrected chi connectivity index (χ2v) is 8.59. The number of aromatic nitrogens is 1. The number of rotatable bonds is 7. The van der Waals surface area contributed by atoms with Gasteiger partial charge < -0.3 is 18.9 Å². The van der Waals surface area contributed by atoms with Gasteiger partial charge in [0.15, 0.2) is 5.69 Å². The fraction of sp³-hybridized carbons (Fsp3) is 0.385. The molecule has 7 heteroatoms. The van der Waals surface area contributed by atoms with Gasteiger partial charge in [-0.3, -0.25) is 9.69 Å². The number of carbonyl (C=O) groups is 1. The molecule has 2 aromatic carbocycles. The van der Waals surface area contributed by atoms with Crippen LogP contribution in [0.4, 0.5) is 0 Å². The third-order valence-corrected chi connectivity index (χ3v) is 5.99. The van der Waals surface area contributed by atoms with Crippen molar-refractivity contribution in [2.45, 2.75) is 33.9 Å². The second kappa shape index (κ2) is 10.1. The molecule has 0 N–H and O–H groups in total. The summed E-state index contributed by atoms with van der Waals surface area (Å²) in [6.45, 7) is 9.90. The van der Waals surface area contributed by atoms with Gasteiger partial charge in [0.2, 0.25) is 0 Å². The van der Waals surface area contributed by atoms with Gasteiger partial charge in [-0.2, -0.15) is 0 Å². The Morgan fingerprint density at radius 3 is 2.27 bits per heavy atom. The van der Waals surface area contributed by atoms with Crippen LogP contribution < -0.4 is 9.47 Å². The molecule has 3 aromatic rings. The quantitative estimate of drug-likeness (QED) is 0.540. The molecule has 1 aliphatic rings. The topological polar surface area (TPSA) is 68.0 Å². The largest absolute Gasteiger partial charge is 0.497 e. The van der Waals surface area contributed by atoms with Crippen molar-refractivity contribution in [3.8, 4) is 11.5 Å². The molecule has 0 unspecified atom stereocenters. The number of aryl methyl sites for hydroxylation is 3. The average Bonchev–Trinajstić information content (AvgIpc) is 3.18. The summed E-state index contributed by atoms with van der Waals surface area (Å²) in [5.41, 5.74) is 4.56. The smallest absolute Gasteiger partial charge is 0.276 e. The van der Waals surface area contributed by atoms with Crippen molar-refractivity contribution >= 4 is 5.91 Å². The third-order valence-electron chi connectivity index (χ3n) is 5.99. The lowest BCUT2D eigenvalue weighted by atomic mass is 10.1. The molecule has 2 heterocycles. The van der Waals surface area contributed by atoms with Crippen molar-refractivity contribution in [3.63, 3.8) is 0 Å². The van der Waals surface area contributed by atoms with Crippen molar-refractivity contribution in [2.75, 3.05) is 33.3 Å². The number of hydrogen-bond donors (Lipinski definition) is 0. The van der Waals surface area contributed by atoms with Crippen LogP contribution in [0, 0.1) is 20.8 Å². The standard InChI is InChI=1S/C26H31N3O4/c1-18-13-19(2)15-23(14-18)32-17-24-20(3)33-27-25(24)26(30)29-11-9-28(10-12-29)16-21-5-7-22(31-4)8-6-21/h5-8,13-15H,9-12,16-17H2,1-4H3. The number of carbonyl (C=O) groups excluding carboxylic acids is 1. The molecule has 4 rings (SSSR count). The summed E-state index contributed by atoms with van der Waals surface area (Å²) in [7, 11) is 1.67. The molecule has 0 bridgehead atoms. The van der Waals surface area contributed by atoms with Gasteiger partial charge >= 0.3 is 0 Å². The summed E-state index contributed by atoms with van der Waals surface area (Å²) >= 11 is 0. The molecular formula is C26H31N3O4. The van der Waals surface area contributed by atoms with E-state index in [1.54, 1.807) is 7.11 Å². The number of methoxy groups -OCH3 is 1. The lowest BCUT2D eigenvalue weighted by Crippen LogP contribution is -2.48. The first-order valence-electron chi connectivity index (χ1n) is 11.2. The summed E-state index contributed by atoms with van der Waals surface area (Å²) in [4.78, 5) is 17.4. The minimum Gasteiger partial charge on any atom is -0.497 e. The monoisotopic (exact) mass is 449 g/mol. The Morgan fingerprint density at radius 2 is 1.64 bits per heavy atom. The number of piperazine rings is 1. The Kier molecular flexibility index (Phi) is 6.99. The first kappa shape index (κ1) is 22.9. The maximum Gasteiger partial charge on any atom is 0.276 e. The summed E-state index contributed by atoms with van der Waals surface area (Å²) in [6, 6.07) is 14.2. The first-order chi connectivity index (χ1) is 15.9. The van der Waals surface area contributed by atoms with Crippen LogP contribution in [0.25, 0.3) is 0 Å². The number of hydrogen-bond acceptors (Lipinski definition) is 6. The molecule has 1 aliphatic heterocycles. The molecule has 7 nitrogen and oxygen atoms in total. The molecule has 0 aliphatic carbocycles. The van der Waals surface area contributed by atoms with Gasteiger partial charge in [-0.25, -0.2) is 0 Å².